The minimum atomic E-state index is -1.73. The molecule has 0 radical (unpaired) electrons. The molecular weight excluding hydrogens is 546 g/mol. The van der Waals surface area contributed by atoms with Crippen LogP contribution >= 0.6 is 0 Å². The maximum Gasteiger partial charge on any atom is 0.412 e. The van der Waals surface area contributed by atoms with Gasteiger partial charge < -0.3 is 24.7 Å². The zero-order valence-corrected chi connectivity index (χ0v) is 25.7. The van der Waals surface area contributed by atoms with Crippen LogP contribution in [0, 0.1) is 34.5 Å². The van der Waals surface area contributed by atoms with E-state index >= 15 is 0 Å². The lowest BCUT2D eigenvalue weighted by Gasteiger charge is -2.59. The molecule has 0 spiro atoms. The van der Waals surface area contributed by atoms with Crippen molar-refractivity contribution in [3.8, 4) is 0 Å². The van der Waals surface area contributed by atoms with E-state index in [1.165, 1.54) is 0 Å². The summed E-state index contributed by atoms with van der Waals surface area (Å²) in [5.74, 6) is -0.880. The highest BCUT2D eigenvalue weighted by atomic mass is 16.6. The standard InChI is InChI=1S/C34H45N3O6/c1-21-17-27-26-10-5-22-18-25(38)11-12-32(22,2)30(26)28(39)19-33(27,3)34(21,42)29(40)20-43-31(41)35-23-6-8-24(9-7-23)37-15-13-36(4)14-16-37/h6-9,11-12,18,21,26-28,30,39,42H,5,10,13-17,19-20H2,1-4H3,(H,35,41)/t21-,26?,27?,28+,30?,32?,33?,34+/m1/s1. The lowest BCUT2D eigenvalue weighted by molar-refractivity contribution is -0.183. The summed E-state index contributed by atoms with van der Waals surface area (Å²) in [6.07, 6.45) is 6.25. The highest BCUT2D eigenvalue weighted by Crippen LogP contribution is 2.68. The van der Waals surface area contributed by atoms with Crippen LogP contribution in [0.2, 0.25) is 0 Å². The summed E-state index contributed by atoms with van der Waals surface area (Å²) >= 11 is 0. The number of nitrogens with zero attached hydrogens (tertiary/aromatic N) is 2. The average Bonchev–Trinajstić information content (AvgIpc) is 3.18. The molecule has 232 valence electrons. The largest absolute Gasteiger partial charge is 0.441 e. The molecule has 0 bridgehead atoms. The minimum Gasteiger partial charge on any atom is -0.441 e. The fourth-order valence-corrected chi connectivity index (χ4v) is 9.47. The van der Waals surface area contributed by atoms with E-state index in [-0.39, 0.29) is 35.9 Å². The predicted molar refractivity (Wildman–Crippen MR) is 164 cm³/mol. The van der Waals surface area contributed by atoms with E-state index in [4.69, 9.17) is 4.74 Å². The predicted octanol–water partition coefficient (Wildman–Crippen LogP) is 3.81. The number of Topliss-reactive ketones (excluding diaryl/α,β-unsaturated/α-hetero) is 1. The summed E-state index contributed by atoms with van der Waals surface area (Å²) in [6.45, 7) is 9.27. The summed E-state index contributed by atoms with van der Waals surface area (Å²) in [6, 6.07) is 7.56. The molecule has 1 aromatic rings. The van der Waals surface area contributed by atoms with Gasteiger partial charge in [0.2, 0.25) is 5.78 Å². The number of fused-ring (bicyclic) bond motifs is 5. The second-order valence-corrected chi connectivity index (χ2v) is 14.1. The molecule has 4 aliphatic carbocycles. The number of likely N-dealkylation sites (N-methyl/N-ethyl adjacent to an activating group) is 1. The van der Waals surface area contributed by atoms with E-state index < -0.39 is 41.0 Å². The van der Waals surface area contributed by atoms with Crippen LogP contribution in [-0.4, -0.2) is 84.3 Å². The van der Waals surface area contributed by atoms with Gasteiger partial charge in [0.15, 0.2) is 12.4 Å². The van der Waals surface area contributed by atoms with Crippen LogP contribution in [0.1, 0.15) is 46.5 Å². The highest BCUT2D eigenvalue weighted by Gasteiger charge is 2.70. The van der Waals surface area contributed by atoms with E-state index in [2.05, 4.69) is 29.1 Å². The third-order valence-corrected chi connectivity index (χ3v) is 11.8. The Morgan fingerprint density at radius 2 is 1.81 bits per heavy atom. The number of aliphatic hydroxyl groups excluding tert-OH is 1. The van der Waals surface area contributed by atoms with E-state index in [0.29, 0.717) is 12.1 Å². The van der Waals surface area contributed by atoms with Crippen LogP contribution in [0.3, 0.4) is 0 Å². The van der Waals surface area contributed by atoms with Gasteiger partial charge in [0.25, 0.3) is 0 Å². The number of ketones is 2. The topological polar surface area (TPSA) is 119 Å². The zero-order chi connectivity index (χ0) is 30.7. The van der Waals surface area contributed by atoms with Gasteiger partial charge >= 0.3 is 6.09 Å². The van der Waals surface area contributed by atoms with Crippen LogP contribution in [0.5, 0.6) is 0 Å². The Balaban J connectivity index is 1.11. The van der Waals surface area contributed by atoms with Crippen LogP contribution < -0.4 is 10.2 Å². The van der Waals surface area contributed by atoms with E-state index in [0.717, 1.165) is 50.3 Å². The van der Waals surface area contributed by atoms with Crippen molar-refractivity contribution >= 4 is 29.0 Å². The summed E-state index contributed by atoms with van der Waals surface area (Å²) in [5.41, 5.74) is -0.302. The van der Waals surface area contributed by atoms with Gasteiger partial charge in [-0.3, -0.25) is 14.9 Å². The number of carbonyl (C=O) groups excluding carboxylic acids is 3. The fraction of sp³-hybridized carbons (Fsp3) is 0.618. The number of benzene rings is 1. The van der Waals surface area contributed by atoms with Crippen molar-refractivity contribution in [3.05, 3.63) is 48.1 Å². The first kappa shape index (κ1) is 30.0. The van der Waals surface area contributed by atoms with Gasteiger partial charge in [-0.05, 0) is 86.9 Å². The number of rotatable bonds is 5. The smallest absolute Gasteiger partial charge is 0.412 e. The van der Waals surface area contributed by atoms with Crippen LogP contribution in [0.4, 0.5) is 16.2 Å². The van der Waals surface area contributed by atoms with Gasteiger partial charge in [0, 0.05) is 54.3 Å². The number of anilines is 2. The maximum absolute atomic E-state index is 13.7. The van der Waals surface area contributed by atoms with Crippen LogP contribution in [0.15, 0.2) is 48.1 Å². The number of nitrogens with one attached hydrogen (secondary N) is 1. The van der Waals surface area contributed by atoms with Crippen molar-refractivity contribution in [2.45, 2.75) is 58.2 Å². The minimum absolute atomic E-state index is 0.0118. The van der Waals surface area contributed by atoms with Crippen molar-refractivity contribution < 1.29 is 29.3 Å². The molecule has 43 heavy (non-hydrogen) atoms. The number of carbonyl (C=O) groups is 3. The van der Waals surface area contributed by atoms with E-state index in [9.17, 15) is 24.6 Å². The number of amides is 1. The van der Waals surface area contributed by atoms with Gasteiger partial charge in [0.1, 0.15) is 5.60 Å². The molecule has 6 rings (SSSR count). The molecule has 9 nitrogen and oxygen atoms in total. The van der Waals surface area contributed by atoms with Crippen molar-refractivity contribution in [2.75, 3.05) is 50.1 Å². The Hall–Kier alpha value is -3.01. The Kier molecular flexibility index (Phi) is 7.58. The van der Waals surface area contributed by atoms with E-state index in [1.54, 1.807) is 12.2 Å². The fourth-order valence-electron chi connectivity index (χ4n) is 9.47. The van der Waals surface area contributed by atoms with Gasteiger partial charge in [-0.2, -0.15) is 0 Å². The summed E-state index contributed by atoms with van der Waals surface area (Å²) in [4.78, 5) is 43.1. The molecule has 5 aliphatic rings. The molecule has 4 fully saturated rings. The molecule has 3 saturated carbocycles. The molecule has 1 heterocycles. The molecule has 0 aromatic heterocycles. The quantitative estimate of drug-likeness (QED) is 0.473. The van der Waals surface area contributed by atoms with Crippen molar-refractivity contribution in [2.24, 2.45) is 34.5 Å². The molecule has 9 heteroatoms. The Bertz CT molecular complexity index is 1350. The number of aliphatic hydroxyl groups is 2. The normalized spacial score (nSPS) is 38.9. The molecule has 1 aliphatic heterocycles. The average molecular weight is 592 g/mol. The first-order valence-electron chi connectivity index (χ1n) is 15.7. The third-order valence-electron chi connectivity index (χ3n) is 11.8. The Morgan fingerprint density at radius 1 is 1.12 bits per heavy atom. The number of ether oxygens (including phenoxy) is 1. The third kappa shape index (κ3) is 4.84. The molecule has 1 amide bonds. The molecule has 1 saturated heterocycles. The molecule has 8 atom stereocenters. The second-order valence-electron chi connectivity index (χ2n) is 14.1. The zero-order valence-electron chi connectivity index (χ0n) is 25.7. The van der Waals surface area contributed by atoms with Gasteiger partial charge in [-0.1, -0.05) is 32.4 Å². The SMILES string of the molecule is C[C@@H]1CC2C3CCC4=CC(=O)C=CC4(C)C3[C@@H](O)CC2(C)[C@@]1(O)C(=O)COC(=O)Nc1ccc(N2CCN(C)CC2)cc1. The summed E-state index contributed by atoms with van der Waals surface area (Å²) in [7, 11) is 2.11. The summed E-state index contributed by atoms with van der Waals surface area (Å²) in [5, 5.41) is 26.5. The van der Waals surface area contributed by atoms with E-state index in [1.807, 2.05) is 44.2 Å². The first-order chi connectivity index (χ1) is 20.4. The maximum atomic E-state index is 13.7. The van der Waals surface area contributed by atoms with Crippen molar-refractivity contribution in [1.82, 2.24) is 4.90 Å². The number of allylic oxidation sites excluding steroid dienone is 4. The molecule has 5 unspecified atom stereocenters. The van der Waals surface area contributed by atoms with Crippen LogP contribution in [0.25, 0.3) is 0 Å². The molecule has 1 aromatic carbocycles. The lowest BCUT2D eigenvalue weighted by Crippen LogP contribution is -2.62. The number of hydrogen-bond acceptors (Lipinski definition) is 8. The monoisotopic (exact) mass is 591 g/mol. The number of piperazine rings is 1. The molecular formula is C34H45N3O6. The van der Waals surface area contributed by atoms with Gasteiger partial charge in [-0.25, -0.2) is 4.79 Å². The Morgan fingerprint density at radius 3 is 2.51 bits per heavy atom. The first-order valence-corrected chi connectivity index (χ1v) is 15.7. The lowest BCUT2D eigenvalue weighted by atomic mass is 9.46. The highest BCUT2D eigenvalue weighted by molar-refractivity contribution is 6.01. The number of hydrogen-bond donors (Lipinski definition) is 3. The summed E-state index contributed by atoms with van der Waals surface area (Å²) < 4.78 is 5.36. The van der Waals surface area contributed by atoms with Crippen LogP contribution in [-0.2, 0) is 14.3 Å². The van der Waals surface area contributed by atoms with Gasteiger partial charge in [-0.15, -0.1) is 0 Å². The van der Waals surface area contributed by atoms with Crippen molar-refractivity contribution in [1.29, 1.82) is 0 Å². The second kappa shape index (κ2) is 10.9. The Labute approximate surface area is 253 Å². The molecule has 3 N–H and O–H groups in total. The van der Waals surface area contributed by atoms with Crippen molar-refractivity contribution in [3.63, 3.8) is 0 Å². The van der Waals surface area contributed by atoms with Gasteiger partial charge in [0.05, 0.1) is 6.10 Å².